The smallest absolute Gasteiger partial charge is 0.303 e. The van der Waals surface area contributed by atoms with Crippen LogP contribution >= 0.6 is 0 Å². The van der Waals surface area contributed by atoms with Crippen molar-refractivity contribution < 1.29 is 19.5 Å². The summed E-state index contributed by atoms with van der Waals surface area (Å²) in [5, 5.41) is 10.7. The zero-order valence-corrected chi connectivity index (χ0v) is 7.95. The zero-order valence-electron chi connectivity index (χ0n) is 7.95. The topological polar surface area (TPSA) is 109 Å². The molecular weight excluding hydrogens is 188 g/mol. The number of nitrogens with two attached hydrogens (primary N) is 1. The summed E-state index contributed by atoms with van der Waals surface area (Å²) < 4.78 is 0. The Balaban J connectivity index is 3.71. The van der Waals surface area contributed by atoms with Crippen LogP contribution in [0.15, 0.2) is 0 Å². The first-order valence-corrected chi connectivity index (χ1v) is 4.18. The molecule has 0 fully saturated rings. The number of carbonyl (C=O) groups excluding carboxylic acids is 2. The Morgan fingerprint density at radius 3 is 2.36 bits per heavy atom. The van der Waals surface area contributed by atoms with Crippen LogP contribution < -0.4 is 11.1 Å². The Labute approximate surface area is 81.5 Å². The summed E-state index contributed by atoms with van der Waals surface area (Å²) in [6.45, 7) is 1.44. The van der Waals surface area contributed by atoms with E-state index in [0.29, 0.717) is 0 Å². The number of carbonyl (C=O) groups is 3. The van der Waals surface area contributed by atoms with Gasteiger partial charge in [0.25, 0.3) is 0 Å². The molecule has 6 heteroatoms. The fourth-order valence-corrected chi connectivity index (χ4v) is 0.945. The second-order valence-corrected chi connectivity index (χ2v) is 3.15. The van der Waals surface area contributed by atoms with Gasteiger partial charge >= 0.3 is 5.97 Å². The number of rotatable bonds is 6. The third kappa shape index (κ3) is 7.08. The van der Waals surface area contributed by atoms with Crippen molar-refractivity contribution in [3.05, 3.63) is 0 Å². The van der Waals surface area contributed by atoms with Crippen LogP contribution in [0.5, 0.6) is 0 Å². The molecule has 0 rings (SSSR count). The number of hydrogen-bond acceptors (Lipinski definition) is 3. The van der Waals surface area contributed by atoms with E-state index in [9.17, 15) is 14.4 Å². The molecule has 0 aliphatic heterocycles. The third-order valence-electron chi connectivity index (χ3n) is 1.52. The lowest BCUT2D eigenvalue weighted by molar-refractivity contribution is -0.138. The van der Waals surface area contributed by atoms with Crippen LogP contribution in [-0.4, -0.2) is 29.4 Å². The number of nitrogens with one attached hydrogen (secondary N) is 1. The summed E-state index contributed by atoms with van der Waals surface area (Å²) in [5.41, 5.74) is 4.80. The standard InChI is InChI=1S/C8H14N2O4/c1-5(3-8(13)14)2-7(12)10-4-6(9)11/h5H,2-4H2,1H3,(H2,9,11)(H,10,12)(H,13,14). The first-order chi connectivity index (χ1) is 6.41. The first kappa shape index (κ1) is 12.4. The quantitative estimate of drug-likeness (QED) is 0.517. The van der Waals surface area contributed by atoms with Crippen LogP contribution in [0.3, 0.4) is 0 Å². The third-order valence-corrected chi connectivity index (χ3v) is 1.52. The van der Waals surface area contributed by atoms with E-state index in [1.54, 1.807) is 6.92 Å². The molecule has 0 aromatic carbocycles. The average Bonchev–Trinajstić information content (AvgIpc) is 1.98. The van der Waals surface area contributed by atoms with Crippen LogP contribution in [0.25, 0.3) is 0 Å². The Kier molecular flexibility index (Phi) is 5.28. The van der Waals surface area contributed by atoms with Crippen molar-refractivity contribution in [1.29, 1.82) is 0 Å². The van der Waals surface area contributed by atoms with Crippen LogP contribution in [0.4, 0.5) is 0 Å². The number of aliphatic carboxylic acids is 1. The Morgan fingerprint density at radius 2 is 1.93 bits per heavy atom. The lowest BCUT2D eigenvalue weighted by atomic mass is 10.0. The molecule has 2 amide bonds. The summed E-state index contributed by atoms with van der Waals surface area (Å²) in [6.07, 6.45) is 0.0174. The maximum atomic E-state index is 11.0. The Morgan fingerprint density at radius 1 is 1.36 bits per heavy atom. The van der Waals surface area contributed by atoms with Crippen LogP contribution in [0.2, 0.25) is 0 Å². The van der Waals surface area contributed by atoms with E-state index < -0.39 is 11.9 Å². The van der Waals surface area contributed by atoms with E-state index in [0.717, 1.165) is 0 Å². The van der Waals surface area contributed by atoms with Gasteiger partial charge in [-0.25, -0.2) is 0 Å². The minimum absolute atomic E-state index is 0.0655. The SMILES string of the molecule is CC(CC(=O)O)CC(=O)NCC(N)=O. The van der Waals surface area contributed by atoms with Gasteiger partial charge < -0.3 is 16.2 Å². The summed E-state index contributed by atoms with van der Waals surface area (Å²) >= 11 is 0. The molecule has 0 saturated carbocycles. The van der Waals surface area contributed by atoms with E-state index in [1.807, 2.05) is 0 Å². The molecule has 80 valence electrons. The van der Waals surface area contributed by atoms with Gasteiger partial charge in [0.15, 0.2) is 0 Å². The highest BCUT2D eigenvalue weighted by Crippen LogP contribution is 2.06. The molecule has 0 aliphatic rings. The molecular formula is C8H14N2O4. The van der Waals surface area contributed by atoms with Crippen LogP contribution in [-0.2, 0) is 14.4 Å². The second-order valence-electron chi connectivity index (χ2n) is 3.15. The number of carboxylic acids is 1. The maximum absolute atomic E-state index is 11.0. The highest BCUT2D eigenvalue weighted by Gasteiger charge is 2.12. The molecule has 1 unspecified atom stereocenters. The number of primary amides is 1. The molecule has 0 aliphatic carbocycles. The van der Waals surface area contributed by atoms with Gasteiger partial charge in [-0.1, -0.05) is 6.92 Å². The average molecular weight is 202 g/mol. The van der Waals surface area contributed by atoms with E-state index in [-0.39, 0.29) is 31.2 Å². The monoisotopic (exact) mass is 202 g/mol. The second kappa shape index (κ2) is 5.95. The van der Waals surface area contributed by atoms with Crippen molar-refractivity contribution in [2.24, 2.45) is 11.7 Å². The number of amides is 2. The van der Waals surface area contributed by atoms with Crippen LogP contribution in [0, 0.1) is 5.92 Å². The summed E-state index contributed by atoms with van der Waals surface area (Å²) in [4.78, 5) is 31.6. The van der Waals surface area contributed by atoms with Gasteiger partial charge in [0.1, 0.15) is 0 Å². The van der Waals surface area contributed by atoms with Gasteiger partial charge in [-0.05, 0) is 5.92 Å². The zero-order chi connectivity index (χ0) is 11.1. The van der Waals surface area contributed by atoms with E-state index in [2.05, 4.69) is 5.32 Å². The molecule has 4 N–H and O–H groups in total. The Bertz CT molecular complexity index is 239. The minimum atomic E-state index is -0.944. The summed E-state index contributed by atoms with van der Waals surface area (Å²) in [5.74, 6) is -2.18. The molecule has 6 nitrogen and oxygen atoms in total. The van der Waals surface area contributed by atoms with Gasteiger partial charge in [0.05, 0.1) is 6.54 Å². The Hall–Kier alpha value is -1.59. The highest BCUT2D eigenvalue weighted by molar-refractivity contribution is 5.83. The van der Waals surface area contributed by atoms with Crippen molar-refractivity contribution in [2.45, 2.75) is 19.8 Å². The van der Waals surface area contributed by atoms with E-state index >= 15 is 0 Å². The minimum Gasteiger partial charge on any atom is -0.481 e. The molecule has 0 saturated heterocycles. The van der Waals surface area contributed by atoms with Crippen molar-refractivity contribution >= 4 is 17.8 Å². The van der Waals surface area contributed by atoms with Crippen molar-refractivity contribution in [3.8, 4) is 0 Å². The van der Waals surface area contributed by atoms with Gasteiger partial charge in [-0.15, -0.1) is 0 Å². The molecule has 0 radical (unpaired) electrons. The summed E-state index contributed by atoms with van der Waals surface area (Å²) in [6, 6.07) is 0. The lowest BCUT2D eigenvalue weighted by Crippen LogP contribution is -2.34. The summed E-state index contributed by atoms with van der Waals surface area (Å²) in [7, 11) is 0. The largest absolute Gasteiger partial charge is 0.481 e. The predicted octanol–water partition coefficient (Wildman–Crippen LogP) is -0.911. The number of hydrogen-bond donors (Lipinski definition) is 3. The number of carboxylic acid groups (broad SMARTS) is 1. The first-order valence-electron chi connectivity index (χ1n) is 4.18. The van der Waals surface area contributed by atoms with E-state index in [1.165, 1.54) is 0 Å². The van der Waals surface area contributed by atoms with Gasteiger partial charge in [0.2, 0.25) is 11.8 Å². The van der Waals surface area contributed by atoms with E-state index in [4.69, 9.17) is 10.8 Å². The normalized spacial score (nSPS) is 11.8. The van der Waals surface area contributed by atoms with Crippen LogP contribution in [0.1, 0.15) is 19.8 Å². The molecule has 1 atom stereocenters. The van der Waals surface area contributed by atoms with Crippen molar-refractivity contribution in [3.63, 3.8) is 0 Å². The fraction of sp³-hybridized carbons (Fsp3) is 0.625. The molecule has 0 aromatic rings. The van der Waals surface area contributed by atoms with Crippen molar-refractivity contribution in [1.82, 2.24) is 5.32 Å². The highest BCUT2D eigenvalue weighted by atomic mass is 16.4. The van der Waals surface area contributed by atoms with Gasteiger partial charge in [-0.3, -0.25) is 14.4 Å². The molecule has 0 spiro atoms. The van der Waals surface area contributed by atoms with Crippen molar-refractivity contribution in [2.75, 3.05) is 6.54 Å². The predicted molar refractivity (Wildman–Crippen MR) is 48.2 cm³/mol. The molecule has 0 bridgehead atoms. The maximum Gasteiger partial charge on any atom is 0.303 e. The lowest BCUT2D eigenvalue weighted by Gasteiger charge is -2.07. The molecule has 0 aromatic heterocycles. The molecule has 14 heavy (non-hydrogen) atoms. The van der Waals surface area contributed by atoms with Gasteiger partial charge in [0, 0.05) is 12.8 Å². The molecule has 0 heterocycles. The van der Waals surface area contributed by atoms with Gasteiger partial charge in [-0.2, -0.15) is 0 Å². The fourth-order valence-electron chi connectivity index (χ4n) is 0.945.